The molecule has 2 N–H and O–H groups in total. The van der Waals surface area contributed by atoms with Crippen LogP contribution in [0.2, 0.25) is 0 Å². The molecule has 1 aliphatic heterocycles. The topological polar surface area (TPSA) is 132 Å². The summed E-state index contributed by atoms with van der Waals surface area (Å²) in [6.45, 7) is 7.78. The van der Waals surface area contributed by atoms with E-state index >= 15 is 0 Å². The molecule has 0 unspecified atom stereocenters. The molecule has 4 rings (SSSR count). The number of rotatable bonds is 7. The molecule has 3 aromatic rings. The Kier molecular flexibility index (Phi) is 6.87. The summed E-state index contributed by atoms with van der Waals surface area (Å²) in [5, 5.41) is 9.64. The van der Waals surface area contributed by atoms with Crippen LogP contribution in [-0.2, 0) is 22.6 Å². The predicted molar refractivity (Wildman–Crippen MR) is 131 cm³/mol. The second kappa shape index (κ2) is 9.88. The van der Waals surface area contributed by atoms with Crippen LogP contribution in [-0.4, -0.2) is 50.6 Å². The van der Waals surface area contributed by atoms with E-state index in [0.717, 1.165) is 11.1 Å². The van der Waals surface area contributed by atoms with Gasteiger partial charge in [-0.25, -0.2) is 9.50 Å². The van der Waals surface area contributed by atoms with Crippen molar-refractivity contribution >= 4 is 29.0 Å². The number of amides is 2. The predicted octanol–water partition coefficient (Wildman–Crippen LogP) is 2.29. The molecule has 1 aliphatic rings. The molecule has 36 heavy (non-hydrogen) atoms. The molecule has 3 heterocycles. The molecule has 2 amide bonds. The summed E-state index contributed by atoms with van der Waals surface area (Å²) in [5.74, 6) is -0.425. The van der Waals surface area contributed by atoms with Gasteiger partial charge in [-0.2, -0.15) is 5.10 Å². The third kappa shape index (κ3) is 5.76. The van der Waals surface area contributed by atoms with Crippen molar-refractivity contribution in [1.29, 1.82) is 0 Å². The van der Waals surface area contributed by atoms with Gasteiger partial charge in [0.05, 0.1) is 12.2 Å². The normalized spacial score (nSPS) is 14.1. The molecule has 0 aliphatic carbocycles. The lowest BCUT2D eigenvalue weighted by Gasteiger charge is -2.20. The first-order valence-corrected chi connectivity index (χ1v) is 11.7. The van der Waals surface area contributed by atoms with Crippen molar-refractivity contribution in [2.24, 2.45) is 5.41 Å². The number of ether oxygens (including phenoxy) is 1. The summed E-state index contributed by atoms with van der Waals surface area (Å²) in [4.78, 5) is 54.4. The molecule has 0 saturated carbocycles. The minimum atomic E-state index is -0.701. The SMILES string of the molecule is C[C@H](NC(=O)c1cc(C(=O)NCc2ccc3c(c2)CC(=O)CO3)nc2ccnn12)C(=O)CC(C)(C)C. The van der Waals surface area contributed by atoms with E-state index in [2.05, 4.69) is 20.7 Å². The fourth-order valence-electron chi connectivity index (χ4n) is 3.93. The Morgan fingerprint density at radius 2 is 1.92 bits per heavy atom. The summed E-state index contributed by atoms with van der Waals surface area (Å²) in [5.41, 5.74) is 1.84. The third-order valence-corrected chi connectivity index (χ3v) is 5.71. The first-order chi connectivity index (χ1) is 17.0. The maximum Gasteiger partial charge on any atom is 0.270 e. The highest BCUT2D eigenvalue weighted by atomic mass is 16.5. The van der Waals surface area contributed by atoms with E-state index < -0.39 is 17.9 Å². The number of hydrogen-bond acceptors (Lipinski definition) is 7. The van der Waals surface area contributed by atoms with Gasteiger partial charge in [-0.05, 0) is 30.0 Å². The Morgan fingerprint density at radius 1 is 1.14 bits per heavy atom. The van der Waals surface area contributed by atoms with Crippen LogP contribution < -0.4 is 15.4 Å². The first-order valence-electron chi connectivity index (χ1n) is 11.7. The minimum absolute atomic E-state index is 0.00206. The van der Waals surface area contributed by atoms with Gasteiger partial charge in [0.2, 0.25) is 0 Å². The van der Waals surface area contributed by atoms with Crippen LogP contribution in [0.1, 0.15) is 66.2 Å². The number of hydrogen-bond donors (Lipinski definition) is 2. The molecule has 10 heteroatoms. The summed E-state index contributed by atoms with van der Waals surface area (Å²) in [6, 6.07) is 7.66. The number of carbonyl (C=O) groups excluding carboxylic acids is 4. The van der Waals surface area contributed by atoms with E-state index in [-0.39, 0.29) is 41.5 Å². The summed E-state index contributed by atoms with van der Waals surface area (Å²) in [6.07, 6.45) is 2.09. The molecule has 188 valence electrons. The van der Waals surface area contributed by atoms with Crippen LogP contribution in [0.3, 0.4) is 0 Å². The third-order valence-electron chi connectivity index (χ3n) is 5.71. The fourth-order valence-corrected chi connectivity index (χ4v) is 3.93. The van der Waals surface area contributed by atoms with E-state index in [1.54, 1.807) is 19.1 Å². The quantitative estimate of drug-likeness (QED) is 0.518. The van der Waals surface area contributed by atoms with Crippen LogP contribution in [0.5, 0.6) is 5.75 Å². The molecule has 10 nitrogen and oxygen atoms in total. The number of aromatic nitrogens is 3. The van der Waals surface area contributed by atoms with E-state index in [9.17, 15) is 19.2 Å². The van der Waals surface area contributed by atoms with Crippen LogP contribution >= 0.6 is 0 Å². The van der Waals surface area contributed by atoms with E-state index in [1.807, 2.05) is 32.9 Å². The van der Waals surface area contributed by atoms with Crippen molar-refractivity contribution in [3.8, 4) is 5.75 Å². The second-order valence-corrected chi connectivity index (χ2v) is 10.2. The van der Waals surface area contributed by atoms with Crippen molar-refractivity contribution in [1.82, 2.24) is 25.2 Å². The smallest absolute Gasteiger partial charge is 0.270 e. The van der Waals surface area contributed by atoms with Crippen molar-refractivity contribution < 1.29 is 23.9 Å². The molecule has 0 radical (unpaired) electrons. The maximum absolute atomic E-state index is 13.0. The molecule has 2 aromatic heterocycles. The average Bonchev–Trinajstić information content (AvgIpc) is 3.29. The van der Waals surface area contributed by atoms with Gasteiger partial charge in [0.15, 0.2) is 17.2 Å². The van der Waals surface area contributed by atoms with Gasteiger partial charge >= 0.3 is 0 Å². The summed E-state index contributed by atoms with van der Waals surface area (Å²) < 4.78 is 6.73. The average molecular weight is 492 g/mol. The monoisotopic (exact) mass is 491 g/mol. The Hall–Kier alpha value is -4.08. The Bertz CT molecular complexity index is 1350. The van der Waals surface area contributed by atoms with Crippen LogP contribution in [0.25, 0.3) is 5.65 Å². The van der Waals surface area contributed by atoms with Crippen molar-refractivity contribution in [3.63, 3.8) is 0 Å². The Balaban J connectivity index is 1.49. The number of ketones is 2. The van der Waals surface area contributed by atoms with Crippen molar-refractivity contribution in [3.05, 3.63) is 59.0 Å². The van der Waals surface area contributed by atoms with Crippen LogP contribution in [0.15, 0.2) is 36.5 Å². The highest BCUT2D eigenvalue weighted by molar-refractivity contribution is 6.00. The largest absolute Gasteiger partial charge is 0.486 e. The number of fused-ring (bicyclic) bond motifs is 2. The first kappa shape index (κ1) is 25.0. The number of benzene rings is 1. The molecular formula is C26H29N5O5. The standard InChI is InChI=1S/C26H29N5O5/c1-15(21(33)12-26(2,3)4)29-25(35)20-11-19(30-23-7-8-28-31(20)23)24(34)27-13-16-5-6-22-17(9-16)10-18(32)14-36-22/h5-9,11,15H,10,12-14H2,1-4H3,(H,27,34)(H,29,35)/t15-/m0/s1. The lowest BCUT2D eigenvalue weighted by Crippen LogP contribution is -2.40. The zero-order chi connectivity index (χ0) is 26.0. The lowest BCUT2D eigenvalue weighted by molar-refractivity contribution is -0.122. The highest BCUT2D eigenvalue weighted by Gasteiger charge is 2.24. The van der Waals surface area contributed by atoms with E-state index in [1.165, 1.54) is 16.8 Å². The van der Waals surface area contributed by atoms with E-state index in [0.29, 0.717) is 24.2 Å². The van der Waals surface area contributed by atoms with Gasteiger partial charge in [0.25, 0.3) is 11.8 Å². The van der Waals surface area contributed by atoms with Gasteiger partial charge in [-0.3, -0.25) is 19.2 Å². The van der Waals surface area contributed by atoms with Gasteiger partial charge in [-0.1, -0.05) is 26.8 Å². The molecule has 0 spiro atoms. The number of nitrogens with one attached hydrogen (secondary N) is 2. The van der Waals surface area contributed by atoms with Gasteiger partial charge in [0, 0.05) is 37.1 Å². The number of Topliss-reactive ketones (excluding diaryl/α,β-unsaturated/α-hetero) is 2. The molecule has 1 atom stereocenters. The zero-order valence-corrected chi connectivity index (χ0v) is 20.8. The lowest BCUT2D eigenvalue weighted by atomic mass is 9.88. The van der Waals surface area contributed by atoms with Crippen LogP contribution in [0, 0.1) is 5.41 Å². The summed E-state index contributed by atoms with van der Waals surface area (Å²) in [7, 11) is 0. The Morgan fingerprint density at radius 3 is 2.67 bits per heavy atom. The van der Waals surface area contributed by atoms with Gasteiger partial charge < -0.3 is 15.4 Å². The highest BCUT2D eigenvalue weighted by Crippen LogP contribution is 2.24. The number of nitrogens with zero attached hydrogens (tertiary/aromatic N) is 3. The summed E-state index contributed by atoms with van der Waals surface area (Å²) >= 11 is 0. The van der Waals surface area contributed by atoms with E-state index in [4.69, 9.17) is 4.74 Å². The molecule has 0 saturated heterocycles. The fraction of sp³-hybridized carbons (Fsp3) is 0.385. The van der Waals surface area contributed by atoms with Crippen molar-refractivity contribution in [2.75, 3.05) is 6.61 Å². The Labute approximate surface area is 208 Å². The van der Waals surface area contributed by atoms with Crippen molar-refractivity contribution in [2.45, 2.75) is 53.1 Å². The molecule has 0 fully saturated rings. The number of carbonyl (C=O) groups is 4. The molecule has 1 aromatic carbocycles. The second-order valence-electron chi connectivity index (χ2n) is 10.2. The minimum Gasteiger partial charge on any atom is -0.486 e. The van der Waals surface area contributed by atoms with Gasteiger partial charge in [0.1, 0.15) is 23.7 Å². The molecule has 0 bridgehead atoms. The zero-order valence-electron chi connectivity index (χ0n) is 20.8. The maximum atomic E-state index is 13.0. The molecular weight excluding hydrogens is 462 g/mol. The van der Waals surface area contributed by atoms with Crippen LogP contribution in [0.4, 0.5) is 0 Å². The van der Waals surface area contributed by atoms with Gasteiger partial charge in [-0.15, -0.1) is 0 Å².